The van der Waals surface area contributed by atoms with Crippen LogP contribution in [0.25, 0.3) is 0 Å². The molecule has 2 aromatic rings. The summed E-state index contributed by atoms with van der Waals surface area (Å²) in [7, 11) is 0. The number of piperazine rings is 1. The molecule has 1 unspecified atom stereocenters. The van der Waals surface area contributed by atoms with Gasteiger partial charge in [-0.15, -0.1) is 0 Å². The summed E-state index contributed by atoms with van der Waals surface area (Å²) in [6.07, 6.45) is 7.81. The molecular formula is C28H37N7O. The van der Waals surface area contributed by atoms with Gasteiger partial charge in [0.05, 0.1) is 5.69 Å². The summed E-state index contributed by atoms with van der Waals surface area (Å²) in [5.74, 6) is 1.90. The zero-order valence-electron chi connectivity index (χ0n) is 21.1. The number of carbonyl (C=O) groups excluding carboxylic acids is 1. The van der Waals surface area contributed by atoms with Crippen LogP contribution in [0.1, 0.15) is 36.1 Å². The Kier molecular flexibility index (Phi) is 6.29. The van der Waals surface area contributed by atoms with E-state index in [1.807, 2.05) is 4.90 Å². The van der Waals surface area contributed by atoms with Crippen molar-refractivity contribution in [3.63, 3.8) is 0 Å². The molecule has 2 saturated heterocycles. The van der Waals surface area contributed by atoms with E-state index in [0.29, 0.717) is 19.1 Å². The van der Waals surface area contributed by atoms with Crippen LogP contribution < -0.4 is 20.4 Å². The molecule has 8 heteroatoms. The summed E-state index contributed by atoms with van der Waals surface area (Å²) in [4.78, 5) is 31.6. The van der Waals surface area contributed by atoms with Gasteiger partial charge in [-0.05, 0) is 49.8 Å². The molecule has 2 fully saturated rings. The minimum Gasteiger partial charge on any atom is -0.368 e. The largest absolute Gasteiger partial charge is 0.368 e. The molecule has 4 heterocycles. The number of aryl methyl sites for hydroxylation is 1. The van der Waals surface area contributed by atoms with E-state index in [-0.39, 0.29) is 11.9 Å². The summed E-state index contributed by atoms with van der Waals surface area (Å²) in [5, 5.41) is 0. The van der Waals surface area contributed by atoms with Gasteiger partial charge in [-0.25, -0.2) is 4.98 Å². The summed E-state index contributed by atoms with van der Waals surface area (Å²) in [6.45, 7) is 9.43. The van der Waals surface area contributed by atoms with Gasteiger partial charge in [-0.1, -0.05) is 24.8 Å². The Hall–Kier alpha value is -3.13. The van der Waals surface area contributed by atoms with Crippen LogP contribution in [0.3, 0.4) is 0 Å². The molecule has 1 amide bonds. The van der Waals surface area contributed by atoms with E-state index >= 15 is 0 Å². The number of hydrogen-bond acceptors (Lipinski definition) is 7. The van der Waals surface area contributed by atoms with E-state index in [1.165, 1.54) is 41.4 Å². The predicted molar refractivity (Wildman–Crippen MR) is 144 cm³/mol. The van der Waals surface area contributed by atoms with Crippen LogP contribution in [0.2, 0.25) is 0 Å². The maximum absolute atomic E-state index is 12.1. The van der Waals surface area contributed by atoms with Crippen LogP contribution in [0.5, 0.6) is 0 Å². The van der Waals surface area contributed by atoms with Gasteiger partial charge in [-0.3, -0.25) is 4.79 Å². The quantitative estimate of drug-likeness (QED) is 0.662. The Balaban J connectivity index is 1.30. The molecule has 2 atom stereocenters. The van der Waals surface area contributed by atoms with Crippen molar-refractivity contribution < 1.29 is 4.79 Å². The molecule has 1 aromatic heterocycles. The van der Waals surface area contributed by atoms with Gasteiger partial charge >= 0.3 is 0 Å². The van der Waals surface area contributed by atoms with Crippen molar-refractivity contribution in [1.29, 1.82) is 0 Å². The highest BCUT2D eigenvalue weighted by Gasteiger charge is 2.33. The lowest BCUT2D eigenvalue weighted by Crippen LogP contribution is -2.49. The topological polar surface area (TPSA) is 81.8 Å². The summed E-state index contributed by atoms with van der Waals surface area (Å²) in [5.41, 5.74) is 11.6. The third kappa shape index (κ3) is 4.32. The van der Waals surface area contributed by atoms with Gasteiger partial charge in [-0.2, -0.15) is 4.98 Å². The van der Waals surface area contributed by atoms with Crippen molar-refractivity contribution in [1.82, 2.24) is 14.9 Å². The maximum Gasteiger partial charge on any atom is 0.246 e. The third-order valence-corrected chi connectivity index (χ3v) is 8.38. The molecule has 0 radical (unpaired) electrons. The van der Waals surface area contributed by atoms with Crippen LogP contribution in [-0.4, -0.2) is 78.7 Å². The predicted octanol–water partition coefficient (Wildman–Crippen LogP) is 2.16. The highest BCUT2D eigenvalue weighted by molar-refractivity contribution is 5.87. The number of fused-ring (bicyclic) bond motifs is 2. The second kappa shape index (κ2) is 9.73. The van der Waals surface area contributed by atoms with Gasteiger partial charge in [0, 0.05) is 75.6 Å². The number of aromatic nitrogens is 2. The third-order valence-electron chi connectivity index (χ3n) is 8.38. The number of rotatable bonds is 4. The normalized spacial score (nSPS) is 23.9. The molecule has 190 valence electrons. The minimum atomic E-state index is 0.00997. The fraction of sp³-hybridized carbons (Fsp3) is 0.536. The molecule has 6 rings (SSSR count). The molecular weight excluding hydrogens is 450 g/mol. The number of nitrogens with zero attached hydrogens (tertiary/aromatic N) is 6. The lowest BCUT2D eigenvalue weighted by atomic mass is 9.88. The number of benzene rings is 1. The van der Waals surface area contributed by atoms with E-state index in [1.54, 1.807) is 0 Å². The zero-order valence-corrected chi connectivity index (χ0v) is 21.1. The molecule has 3 aliphatic heterocycles. The lowest BCUT2D eigenvalue weighted by molar-refractivity contribution is -0.126. The van der Waals surface area contributed by atoms with Gasteiger partial charge in [0.2, 0.25) is 11.9 Å². The standard InChI is InChI=1S/C28H37N7O/c1-2-26(36)32-14-16-33(17-15-32)27-23-10-9-22(35-12-5-7-20-6-3-4-8-25(20)35)18-24(23)30-28(31-27)34-13-11-21(29)19-34/h2-4,6,8,21-22H,1,5,7,9-19,29H2/t21?,22-/m1/s1. The number of nitrogens with two attached hydrogens (primary N) is 1. The van der Waals surface area contributed by atoms with E-state index in [9.17, 15) is 4.79 Å². The van der Waals surface area contributed by atoms with Crippen molar-refractivity contribution in [2.45, 2.75) is 50.6 Å². The summed E-state index contributed by atoms with van der Waals surface area (Å²) >= 11 is 0. The Bertz CT molecular complexity index is 1140. The van der Waals surface area contributed by atoms with Gasteiger partial charge in [0.25, 0.3) is 0 Å². The average molecular weight is 488 g/mol. The van der Waals surface area contributed by atoms with E-state index < -0.39 is 0 Å². The first-order valence-electron chi connectivity index (χ1n) is 13.5. The van der Waals surface area contributed by atoms with E-state index in [2.05, 4.69) is 45.5 Å². The van der Waals surface area contributed by atoms with Crippen molar-refractivity contribution in [2.75, 3.05) is 60.5 Å². The Morgan fingerprint density at radius 2 is 1.83 bits per heavy atom. The van der Waals surface area contributed by atoms with Crippen LogP contribution in [0.4, 0.5) is 17.5 Å². The fourth-order valence-corrected chi connectivity index (χ4v) is 6.41. The summed E-state index contributed by atoms with van der Waals surface area (Å²) in [6, 6.07) is 9.53. The average Bonchev–Trinajstić information content (AvgIpc) is 3.37. The van der Waals surface area contributed by atoms with Crippen LogP contribution >= 0.6 is 0 Å². The number of anilines is 3. The first-order valence-corrected chi connectivity index (χ1v) is 13.5. The van der Waals surface area contributed by atoms with Crippen LogP contribution in [-0.2, 0) is 24.1 Å². The van der Waals surface area contributed by atoms with E-state index in [4.69, 9.17) is 15.7 Å². The highest BCUT2D eigenvalue weighted by Crippen LogP contribution is 2.36. The Morgan fingerprint density at radius 3 is 2.61 bits per heavy atom. The summed E-state index contributed by atoms with van der Waals surface area (Å²) < 4.78 is 0. The highest BCUT2D eigenvalue weighted by atomic mass is 16.2. The van der Waals surface area contributed by atoms with Gasteiger partial charge in [0.15, 0.2) is 0 Å². The van der Waals surface area contributed by atoms with Crippen LogP contribution in [0.15, 0.2) is 36.9 Å². The van der Waals surface area contributed by atoms with Crippen LogP contribution in [0, 0.1) is 0 Å². The smallest absolute Gasteiger partial charge is 0.246 e. The number of amides is 1. The number of para-hydroxylation sites is 1. The molecule has 0 saturated carbocycles. The molecule has 4 aliphatic rings. The Labute approximate surface area is 213 Å². The first-order chi connectivity index (χ1) is 17.6. The van der Waals surface area contributed by atoms with Crippen molar-refractivity contribution in [3.05, 3.63) is 53.7 Å². The van der Waals surface area contributed by atoms with Crippen molar-refractivity contribution in [3.8, 4) is 0 Å². The lowest BCUT2D eigenvalue weighted by Gasteiger charge is -2.41. The SMILES string of the molecule is C=CC(=O)N1CCN(c2nc(N3CCC(N)C3)nc3c2CC[C@@H](N2CCCc4ccccc42)C3)CC1. The second-order valence-electron chi connectivity index (χ2n) is 10.6. The molecule has 1 aromatic carbocycles. The minimum absolute atomic E-state index is 0.00997. The second-order valence-corrected chi connectivity index (χ2v) is 10.6. The number of hydrogen-bond donors (Lipinski definition) is 1. The molecule has 0 spiro atoms. The van der Waals surface area contributed by atoms with Gasteiger partial charge in [0.1, 0.15) is 5.82 Å². The molecule has 8 nitrogen and oxygen atoms in total. The van der Waals surface area contributed by atoms with Gasteiger partial charge < -0.3 is 25.3 Å². The zero-order chi connectivity index (χ0) is 24.6. The van der Waals surface area contributed by atoms with Crippen molar-refractivity contribution >= 4 is 23.4 Å². The first kappa shape index (κ1) is 23.3. The molecule has 1 aliphatic carbocycles. The molecule has 0 bridgehead atoms. The molecule has 36 heavy (non-hydrogen) atoms. The van der Waals surface area contributed by atoms with E-state index in [0.717, 1.165) is 70.2 Å². The number of carbonyl (C=O) groups is 1. The van der Waals surface area contributed by atoms with Crippen molar-refractivity contribution in [2.24, 2.45) is 5.73 Å². The monoisotopic (exact) mass is 487 g/mol. The Morgan fingerprint density at radius 1 is 1.00 bits per heavy atom. The fourth-order valence-electron chi connectivity index (χ4n) is 6.41. The molecule has 2 N–H and O–H groups in total. The maximum atomic E-state index is 12.1.